The molecular weight excluding hydrogens is 348 g/mol. The fourth-order valence-corrected chi connectivity index (χ4v) is 3.43. The summed E-state index contributed by atoms with van der Waals surface area (Å²) in [6, 6.07) is 15.2. The number of rotatable bonds is 4. The third-order valence-electron chi connectivity index (χ3n) is 4.70. The minimum Gasteiger partial charge on any atom is -0.339 e. The molecule has 4 nitrogen and oxygen atoms in total. The molecule has 1 aliphatic rings. The largest absolute Gasteiger partial charge is 0.339 e. The average molecular weight is 371 g/mol. The van der Waals surface area contributed by atoms with Crippen molar-refractivity contribution in [2.24, 2.45) is 0 Å². The molecular formula is C21H23ClN2O2. The highest BCUT2D eigenvalue weighted by molar-refractivity contribution is 6.30. The van der Waals surface area contributed by atoms with Crippen LogP contribution in [0.3, 0.4) is 0 Å². The molecule has 0 N–H and O–H groups in total. The van der Waals surface area contributed by atoms with Gasteiger partial charge in [0.2, 0.25) is 5.91 Å². The Hall–Kier alpha value is -2.33. The Kier molecular flexibility index (Phi) is 5.94. The van der Waals surface area contributed by atoms with E-state index in [0.717, 1.165) is 11.1 Å². The van der Waals surface area contributed by atoms with Gasteiger partial charge in [-0.25, -0.2) is 0 Å². The van der Waals surface area contributed by atoms with Crippen LogP contribution in [0.5, 0.6) is 0 Å². The maximum Gasteiger partial charge on any atom is 0.253 e. The molecule has 0 aliphatic carbocycles. The monoisotopic (exact) mass is 370 g/mol. The van der Waals surface area contributed by atoms with Gasteiger partial charge in [-0.2, -0.15) is 0 Å². The van der Waals surface area contributed by atoms with Crippen molar-refractivity contribution in [2.75, 3.05) is 26.2 Å². The highest BCUT2D eigenvalue weighted by atomic mass is 35.5. The number of amides is 2. The molecule has 1 aliphatic heterocycles. The van der Waals surface area contributed by atoms with Crippen molar-refractivity contribution in [3.63, 3.8) is 0 Å². The van der Waals surface area contributed by atoms with Crippen LogP contribution >= 0.6 is 11.6 Å². The van der Waals surface area contributed by atoms with Crippen LogP contribution in [0.25, 0.3) is 0 Å². The summed E-state index contributed by atoms with van der Waals surface area (Å²) in [5, 5.41) is 0.693. The van der Waals surface area contributed by atoms with Crippen LogP contribution in [0.15, 0.2) is 48.5 Å². The lowest BCUT2D eigenvalue weighted by Gasteiger charge is -2.35. The second kappa shape index (κ2) is 8.37. The lowest BCUT2D eigenvalue weighted by molar-refractivity contribution is -0.132. The molecule has 2 aromatic rings. The molecule has 0 radical (unpaired) electrons. The number of piperazine rings is 1. The van der Waals surface area contributed by atoms with Gasteiger partial charge in [-0.1, -0.05) is 41.4 Å². The van der Waals surface area contributed by atoms with E-state index >= 15 is 0 Å². The van der Waals surface area contributed by atoms with Crippen molar-refractivity contribution in [3.8, 4) is 0 Å². The smallest absolute Gasteiger partial charge is 0.253 e. The number of nitrogens with zero attached hydrogens (tertiary/aromatic N) is 2. The molecule has 1 fully saturated rings. The van der Waals surface area contributed by atoms with Crippen molar-refractivity contribution in [2.45, 2.75) is 19.8 Å². The fraction of sp³-hybridized carbons (Fsp3) is 0.333. The van der Waals surface area contributed by atoms with E-state index in [0.29, 0.717) is 49.6 Å². The van der Waals surface area contributed by atoms with E-state index in [1.54, 1.807) is 0 Å². The van der Waals surface area contributed by atoms with Crippen LogP contribution in [0.4, 0.5) is 0 Å². The molecule has 0 saturated carbocycles. The van der Waals surface area contributed by atoms with E-state index < -0.39 is 0 Å². The Morgan fingerprint density at radius 3 is 2.35 bits per heavy atom. The van der Waals surface area contributed by atoms with Crippen molar-refractivity contribution in [1.29, 1.82) is 0 Å². The predicted molar refractivity (Wildman–Crippen MR) is 103 cm³/mol. The number of halogens is 1. The molecule has 5 heteroatoms. The Morgan fingerprint density at radius 1 is 0.962 bits per heavy atom. The number of hydrogen-bond acceptors (Lipinski definition) is 2. The van der Waals surface area contributed by atoms with Gasteiger partial charge in [0.25, 0.3) is 5.91 Å². The molecule has 0 aromatic heterocycles. The van der Waals surface area contributed by atoms with E-state index in [9.17, 15) is 9.59 Å². The van der Waals surface area contributed by atoms with Gasteiger partial charge < -0.3 is 9.80 Å². The molecule has 0 bridgehead atoms. The predicted octanol–water partition coefficient (Wildman–Crippen LogP) is 3.57. The summed E-state index contributed by atoms with van der Waals surface area (Å²) < 4.78 is 0. The van der Waals surface area contributed by atoms with Crippen molar-refractivity contribution in [1.82, 2.24) is 9.80 Å². The summed E-state index contributed by atoms with van der Waals surface area (Å²) in [6.07, 6.45) is 1.15. The van der Waals surface area contributed by atoms with Gasteiger partial charge in [0.1, 0.15) is 0 Å². The first-order chi connectivity index (χ1) is 12.5. The number of benzene rings is 2. The van der Waals surface area contributed by atoms with E-state index in [1.807, 2.05) is 65.3 Å². The zero-order valence-electron chi connectivity index (χ0n) is 15.0. The number of carbonyl (C=O) groups is 2. The summed E-state index contributed by atoms with van der Waals surface area (Å²) in [7, 11) is 0. The lowest BCUT2D eigenvalue weighted by Crippen LogP contribution is -2.50. The summed E-state index contributed by atoms with van der Waals surface area (Å²) in [5.41, 5.74) is 2.86. The molecule has 136 valence electrons. The van der Waals surface area contributed by atoms with Crippen molar-refractivity contribution < 1.29 is 9.59 Å². The SMILES string of the molecule is Cc1cccc(C(=O)N2CCN(C(=O)CCc3cccc(Cl)c3)CC2)c1. The lowest BCUT2D eigenvalue weighted by atomic mass is 10.1. The molecule has 0 unspecified atom stereocenters. The van der Waals surface area contributed by atoms with Gasteiger partial charge in [-0.05, 0) is 43.2 Å². The average Bonchev–Trinajstić information content (AvgIpc) is 2.66. The Morgan fingerprint density at radius 2 is 1.65 bits per heavy atom. The van der Waals surface area contributed by atoms with Gasteiger partial charge in [-0.15, -0.1) is 0 Å². The third-order valence-corrected chi connectivity index (χ3v) is 4.94. The van der Waals surface area contributed by atoms with Crippen molar-refractivity contribution in [3.05, 3.63) is 70.2 Å². The quantitative estimate of drug-likeness (QED) is 0.825. The Labute approximate surface area is 159 Å². The number of carbonyl (C=O) groups excluding carboxylic acids is 2. The van der Waals surface area contributed by atoms with Crippen LogP contribution in [0.1, 0.15) is 27.9 Å². The highest BCUT2D eigenvalue weighted by Gasteiger charge is 2.24. The molecule has 2 aromatic carbocycles. The van der Waals surface area contributed by atoms with Gasteiger partial charge in [0.15, 0.2) is 0 Å². The van der Waals surface area contributed by atoms with Crippen LogP contribution in [0.2, 0.25) is 5.02 Å². The molecule has 26 heavy (non-hydrogen) atoms. The van der Waals surface area contributed by atoms with Gasteiger partial charge in [0, 0.05) is 43.2 Å². The van der Waals surface area contributed by atoms with Gasteiger partial charge >= 0.3 is 0 Å². The van der Waals surface area contributed by atoms with Gasteiger partial charge in [0.05, 0.1) is 0 Å². The first-order valence-electron chi connectivity index (χ1n) is 8.91. The van der Waals surface area contributed by atoms with Crippen molar-refractivity contribution >= 4 is 23.4 Å². The Bertz CT molecular complexity index is 798. The number of hydrogen-bond donors (Lipinski definition) is 0. The first-order valence-corrected chi connectivity index (χ1v) is 9.29. The van der Waals surface area contributed by atoms with E-state index in [-0.39, 0.29) is 11.8 Å². The fourth-order valence-electron chi connectivity index (χ4n) is 3.22. The van der Waals surface area contributed by atoms with Crippen LogP contribution < -0.4 is 0 Å². The summed E-state index contributed by atoms with van der Waals surface area (Å²) in [4.78, 5) is 28.7. The Balaban J connectivity index is 1.50. The first kappa shape index (κ1) is 18.5. The zero-order valence-corrected chi connectivity index (χ0v) is 15.7. The maximum absolute atomic E-state index is 12.6. The summed E-state index contributed by atoms with van der Waals surface area (Å²) >= 11 is 5.98. The molecule has 0 atom stereocenters. The molecule has 3 rings (SSSR count). The van der Waals surface area contributed by atoms with E-state index in [1.165, 1.54) is 0 Å². The normalized spacial score (nSPS) is 14.4. The summed E-state index contributed by atoms with van der Waals surface area (Å²) in [6.45, 7) is 4.32. The third kappa shape index (κ3) is 4.64. The van der Waals surface area contributed by atoms with E-state index in [4.69, 9.17) is 11.6 Å². The zero-order chi connectivity index (χ0) is 18.5. The topological polar surface area (TPSA) is 40.6 Å². The standard InChI is InChI=1S/C21H23ClN2O2/c1-16-4-2-6-18(14-16)21(26)24-12-10-23(11-13-24)20(25)9-8-17-5-3-7-19(22)15-17/h2-7,14-15H,8-13H2,1H3. The second-order valence-electron chi connectivity index (χ2n) is 6.67. The molecule has 2 amide bonds. The maximum atomic E-state index is 12.6. The molecule has 0 spiro atoms. The summed E-state index contributed by atoms with van der Waals surface area (Å²) in [5.74, 6) is 0.173. The van der Waals surface area contributed by atoms with Crippen LogP contribution in [0, 0.1) is 6.92 Å². The van der Waals surface area contributed by atoms with Crippen LogP contribution in [-0.2, 0) is 11.2 Å². The minimum atomic E-state index is 0.0414. The van der Waals surface area contributed by atoms with E-state index in [2.05, 4.69) is 0 Å². The van der Waals surface area contributed by atoms with Crippen LogP contribution in [-0.4, -0.2) is 47.8 Å². The van der Waals surface area contributed by atoms with Gasteiger partial charge in [-0.3, -0.25) is 9.59 Å². The second-order valence-corrected chi connectivity index (χ2v) is 7.11. The molecule has 1 saturated heterocycles. The number of aryl methyl sites for hydroxylation is 2. The molecule has 1 heterocycles. The highest BCUT2D eigenvalue weighted by Crippen LogP contribution is 2.14. The minimum absolute atomic E-state index is 0.0414.